The molecule has 0 bridgehead atoms. The number of fused-ring (bicyclic) bond motifs is 4. The fourth-order valence-electron chi connectivity index (χ4n) is 8.26. The van der Waals surface area contributed by atoms with Crippen LogP contribution in [0.5, 0.6) is 0 Å². The number of likely N-dealkylation sites (tertiary alicyclic amines) is 1. The lowest BCUT2D eigenvalue weighted by Crippen LogP contribution is -2.48. The number of nitrogens with one attached hydrogen (secondary N) is 3. The summed E-state index contributed by atoms with van der Waals surface area (Å²) in [5, 5.41) is 29.1. The van der Waals surface area contributed by atoms with Crippen molar-refractivity contribution in [2.75, 3.05) is 0 Å². The molecule has 376 valence electrons. The van der Waals surface area contributed by atoms with Crippen molar-refractivity contribution in [2.45, 2.75) is 83.5 Å². The first kappa shape index (κ1) is 57.7. The molecule has 10 rings (SSSR count). The summed E-state index contributed by atoms with van der Waals surface area (Å²) in [5.74, 6) is -3.02. The molecule has 0 radical (unpaired) electrons. The highest BCUT2D eigenvalue weighted by molar-refractivity contribution is 8.07. The standard InChI is InChI=1S/C21H19ClFN5O3S.C13H14ClFN2O.C8H7N3O3S.CH4.ClH.S2.H2S/c22-12-3-1-2-10(17(12)23)8-25-21(31)15-7-11-6-14(11)28(15)16(29)9-27-13-4-5-32-19(13)18(26-27)20(24)30;14-9-3-1-2-7(12(9)15)6-16-13(18)11-5-8-4-10(8)17-11;9-8(14)6-7-4(1-2-15-7)11(10-6)3-5(12)13;;;1-2;/h1-5,11,14-15H,6-9H2,(H2,24,30)(H,25,31);1-3,8,10-11,17H,4-6H2,(H,16,18);1-2H,3H2,(H2,9,14)(H,12,13);1H4;1H;;1H2/t11-,14-,15+;8-,10-,11+;;;;;/m11...../s1. The molecule has 2 saturated carbocycles. The van der Waals surface area contributed by atoms with E-state index in [1.54, 1.807) is 52.1 Å². The van der Waals surface area contributed by atoms with E-state index >= 15 is 0 Å². The van der Waals surface area contributed by atoms with Gasteiger partial charge in [-0.25, -0.2) is 8.78 Å². The number of hydrogen-bond acceptors (Lipinski definition) is 13. The van der Waals surface area contributed by atoms with Gasteiger partial charge in [-0.2, -0.15) is 23.7 Å². The summed E-state index contributed by atoms with van der Waals surface area (Å²) in [6.07, 6.45) is 3.51. The second-order valence-electron chi connectivity index (χ2n) is 15.9. The molecule has 4 fully saturated rings. The maximum Gasteiger partial charge on any atom is 0.325 e. The van der Waals surface area contributed by atoms with E-state index in [1.807, 2.05) is 0 Å². The molecule has 17 nitrogen and oxygen atoms in total. The summed E-state index contributed by atoms with van der Waals surface area (Å²) in [7, 11) is 0. The molecule has 0 unspecified atom stereocenters. The van der Waals surface area contributed by atoms with Gasteiger partial charge in [0.05, 0.1) is 36.5 Å². The average Bonchev–Trinajstić information content (AvgIpc) is 3.72. The summed E-state index contributed by atoms with van der Waals surface area (Å²) in [6, 6.07) is 12.7. The number of carboxylic acid groups (broad SMARTS) is 1. The fraction of sp³-hybridized carbons (Fsp3) is 0.349. The number of primary amides is 2. The van der Waals surface area contributed by atoms with Crippen LogP contribution in [0.2, 0.25) is 10.0 Å². The number of benzene rings is 2. The summed E-state index contributed by atoms with van der Waals surface area (Å²) in [5.41, 5.74) is 12.8. The second kappa shape index (κ2) is 25.0. The molecule has 0 spiro atoms. The van der Waals surface area contributed by atoms with Crippen LogP contribution < -0.4 is 27.4 Å². The zero-order valence-corrected chi connectivity index (χ0v) is 42.3. The SMILES string of the molecule is C.Cl.NC(=O)c1nn(CC(=O)N2[C@@H]3C[C@@H]3C[C@H]2C(=O)NCc2cccc(Cl)c2F)c2ccsc12.NC(=O)c1nn(CC(=O)O)c2ccsc12.O=C(NCc1cccc(Cl)c1F)[C@@H]1C[C@H]2C[C@H]2N1.S.S=S. The van der Waals surface area contributed by atoms with Gasteiger partial charge in [-0.3, -0.25) is 38.1 Å². The van der Waals surface area contributed by atoms with E-state index < -0.39 is 35.5 Å². The van der Waals surface area contributed by atoms with Gasteiger partial charge in [0.25, 0.3) is 11.8 Å². The molecular weight excluding hydrogens is 1070 g/mol. The van der Waals surface area contributed by atoms with Crippen molar-refractivity contribution in [1.29, 1.82) is 0 Å². The molecule has 27 heteroatoms. The number of piperidine rings is 2. The van der Waals surface area contributed by atoms with E-state index in [0.717, 1.165) is 12.8 Å². The lowest BCUT2D eigenvalue weighted by atomic mass is 10.1. The van der Waals surface area contributed by atoms with Crippen molar-refractivity contribution < 1.29 is 42.7 Å². The van der Waals surface area contributed by atoms with Crippen molar-refractivity contribution in [3.05, 3.63) is 103 Å². The number of aromatic nitrogens is 4. The number of carboxylic acids is 1. The first-order valence-electron chi connectivity index (χ1n) is 20.4. The summed E-state index contributed by atoms with van der Waals surface area (Å²) >= 11 is 21.5. The molecule has 8 N–H and O–H groups in total. The Morgan fingerprint density at radius 2 is 1.26 bits per heavy atom. The highest BCUT2D eigenvalue weighted by Gasteiger charge is 2.56. The van der Waals surface area contributed by atoms with Crippen molar-refractivity contribution in [1.82, 2.24) is 40.4 Å². The van der Waals surface area contributed by atoms with Crippen molar-refractivity contribution in [3.8, 4) is 0 Å². The predicted molar refractivity (Wildman–Crippen MR) is 276 cm³/mol. The van der Waals surface area contributed by atoms with Crippen LogP contribution in [0.15, 0.2) is 59.3 Å². The number of nitrogens with zero attached hydrogens (tertiary/aromatic N) is 5. The Bertz CT molecular complexity index is 2890. The molecule has 2 saturated heterocycles. The topological polar surface area (TPSA) is 250 Å². The van der Waals surface area contributed by atoms with Crippen LogP contribution in [0.3, 0.4) is 0 Å². The number of nitrogens with two attached hydrogens (primary N) is 2. The van der Waals surface area contributed by atoms with Gasteiger partial charge >= 0.3 is 5.97 Å². The summed E-state index contributed by atoms with van der Waals surface area (Å²) < 4.78 is 31.7. The molecule has 6 aromatic rings. The first-order chi connectivity index (χ1) is 32.1. The third-order valence-electron chi connectivity index (χ3n) is 11.6. The van der Waals surface area contributed by atoms with E-state index in [0.29, 0.717) is 44.4 Å². The lowest BCUT2D eigenvalue weighted by Gasteiger charge is -2.27. The van der Waals surface area contributed by atoms with Crippen LogP contribution >= 0.6 is 71.8 Å². The summed E-state index contributed by atoms with van der Waals surface area (Å²) in [4.78, 5) is 72.7. The van der Waals surface area contributed by atoms with E-state index in [-0.39, 0.29) is 122 Å². The maximum absolute atomic E-state index is 14.1. The van der Waals surface area contributed by atoms with Crippen molar-refractivity contribution >= 4 is 150 Å². The molecule has 2 aliphatic carbocycles. The molecule has 70 heavy (non-hydrogen) atoms. The van der Waals surface area contributed by atoms with Crippen molar-refractivity contribution in [3.63, 3.8) is 0 Å². The Labute approximate surface area is 440 Å². The van der Waals surface area contributed by atoms with Gasteiger partial charge in [-0.1, -0.05) is 54.9 Å². The lowest BCUT2D eigenvalue weighted by molar-refractivity contribution is -0.140. The van der Waals surface area contributed by atoms with Gasteiger partial charge < -0.3 is 37.4 Å². The van der Waals surface area contributed by atoms with E-state index in [9.17, 15) is 37.5 Å². The zero-order valence-electron chi connectivity index (χ0n) is 35.7. The summed E-state index contributed by atoms with van der Waals surface area (Å²) in [6.45, 7) is -0.217. The van der Waals surface area contributed by atoms with Gasteiger partial charge in [0.15, 0.2) is 11.4 Å². The Hall–Kier alpha value is -4.92. The molecule has 2 aliphatic heterocycles. The largest absolute Gasteiger partial charge is 0.480 e. The number of amides is 5. The number of thiophene rings is 2. The minimum absolute atomic E-state index is 0. The number of carbonyl (C=O) groups is 6. The normalized spacial score (nSPS) is 19.6. The van der Waals surface area contributed by atoms with Crippen LogP contribution in [0.1, 0.15) is 65.2 Å². The number of halogens is 5. The van der Waals surface area contributed by atoms with Crippen LogP contribution in [0.25, 0.3) is 20.4 Å². The van der Waals surface area contributed by atoms with E-state index in [4.69, 9.17) is 39.8 Å². The van der Waals surface area contributed by atoms with E-state index in [1.165, 1.54) is 50.6 Å². The third-order valence-corrected chi connectivity index (χ3v) is 14.0. The van der Waals surface area contributed by atoms with Crippen LogP contribution in [0.4, 0.5) is 8.78 Å². The molecule has 6 atom stereocenters. The second-order valence-corrected chi connectivity index (χ2v) is 18.6. The number of rotatable bonds is 12. The number of aliphatic carboxylic acids is 1. The highest BCUT2D eigenvalue weighted by atomic mass is 35.5. The molecule has 4 aromatic heterocycles. The maximum atomic E-state index is 14.1. The molecule has 4 aliphatic rings. The van der Waals surface area contributed by atoms with Crippen LogP contribution in [-0.2, 0) is 67.7 Å². The van der Waals surface area contributed by atoms with Crippen LogP contribution in [0, 0.1) is 23.5 Å². The number of hydrogen-bond donors (Lipinski definition) is 6. The molecule has 6 heterocycles. The van der Waals surface area contributed by atoms with Gasteiger partial charge in [0, 0.05) is 58.7 Å². The van der Waals surface area contributed by atoms with Crippen LogP contribution in [-0.4, -0.2) is 89.2 Å². The molecule has 5 amide bonds. The number of carbonyl (C=O) groups excluding carboxylic acids is 5. The van der Waals surface area contributed by atoms with E-state index in [2.05, 4.69) is 48.5 Å². The minimum Gasteiger partial charge on any atom is -0.480 e. The molecule has 2 aromatic carbocycles. The average molecular weight is 1120 g/mol. The Morgan fingerprint density at radius 1 is 0.757 bits per heavy atom. The minimum atomic E-state index is -1.01. The van der Waals surface area contributed by atoms with Gasteiger partial charge in [-0.15, -0.1) is 35.1 Å². The van der Waals surface area contributed by atoms with Crippen molar-refractivity contribution in [2.24, 2.45) is 23.3 Å². The third kappa shape index (κ3) is 12.9. The predicted octanol–water partition coefficient (Wildman–Crippen LogP) is 5.59. The molecular formula is C43H47Cl3F2N10O7S5. The fourth-order valence-corrected chi connectivity index (χ4v) is 10.4. The Balaban J connectivity index is 0.000000239. The first-order valence-corrected chi connectivity index (χ1v) is 24.3. The quantitative estimate of drug-likeness (QED) is 0.0879. The van der Waals surface area contributed by atoms with Gasteiger partial charge in [-0.05, 0) is 72.5 Å². The Morgan fingerprint density at radius 3 is 1.73 bits per heavy atom. The van der Waals surface area contributed by atoms with Gasteiger partial charge in [0.2, 0.25) is 17.7 Å². The Kier molecular flexibility index (Phi) is 20.6. The monoisotopic (exact) mass is 1120 g/mol. The smallest absolute Gasteiger partial charge is 0.325 e. The highest BCUT2D eigenvalue weighted by Crippen LogP contribution is 2.48. The van der Waals surface area contributed by atoms with Gasteiger partial charge in [0.1, 0.15) is 30.8 Å². The zero-order chi connectivity index (χ0) is 48.3.